The molecular formula is C11H14ClF6NO. The van der Waals surface area contributed by atoms with Gasteiger partial charge in [-0.3, -0.25) is 4.79 Å². The summed E-state index contributed by atoms with van der Waals surface area (Å²) in [5.41, 5.74) is 0. The van der Waals surface area contributed by atoms with E-state index < -0.39 is 30.2 Å². The number of nitrogens with zero attached hydrogens (tertiary/aromatic N) is 1. The van der Waals surface area contributed by atoms with Gasteiger partial charge in [0.05, 0.1) is 0 Å². The number of amides is 1. The number of alkyl halides is 7. The summed E-state index contributed by atoms with van der Waals surface area (Å²) in [4.78, 5) is 12.4. The molecule has 1 fully saturated rings. The Morgan fingerprint density at radius 2 is 1.75 bits per heavy atom. The fraction of sp³-hybridized carbons (Fsp3) is 0.909. The Labute approximate surface area is 117 Å². The maximum atomic E-state index is 12.5. The van der Waals surface area contributed by atoms with E-state index in [-0.39, 0.29) is 12.4 Å². The van der Waals surface area contributed by atoms with Crippen LogP contribution in [-0.4, -0.2) is 41.6 Å². The van der Waals surface area contributed by atoms with E-state index in [1.165, 1.54) is 0 Å². The van der Waals surface area contributed by atoms with Crippen LogP contribution in [0.1, 0.15) is 25.7 Å². The molecule has 9 heteroatoms. The highest BCUT2D eigenvalue weighted by Gasteiger charge is 2.62. The third-order valence-electron chi connectivity index (χ3n) is 3.23. The second kappa shape index (κ2) is 6.41. The number of rotatable bonds is 4. The van der Waals surface area contributed by atoms with Gasteiger partial charge in [0.15, 0.2) is 0 Å². The van der Waals surface area contributed by atoms with Gasteiger partial charge < -0.3 is 4.90 Å². The lowest BCUT2D eigenvalue weighted by Gasteiger charge is -2.30. The van der Waals surface area contributed by atoms with Crippen molar-refractivity contribution < 1.29 is 31.1 Å². The number of carbonyl (C=O) groups excluding carboxylic acids is 1. The molecule has 118 valence electrons. The van der Waals surface area contributed by atoms with E-state index in [9.17, 15) is 31.1 Å². The van der Waals surface area contributed by atoms with Crippen molar-refractivity contribution in [3.63, 3.8) is 0 Å². The largest absolute Gasteiger partial charge is 0.409 e. The van der Waals surface area contributed by atoms with Crippen molar-refractivity contribution >= 4 is 17.5 Å². The third kappa shape index (κ3) is 4.17. The SMILES string of the molecule is O=C(C(C(F)(F)F)C(F)(F)F)N1CCCC1CCCCl. The average Bonchev–Trinajstić information content (AvgIpc) is 2.69. The summed E-state index contributed by atoms with van der Waals surface area (Å²) >= 11 is 5.45. The van der Waals surface area contributed by atoms with Gasteiger partial charge in [0.25, 0.3) is 0 Å². The maximum Gasteiger partial charge on any atom is 0.409 e. The molecule has 1 aliphatic heterocycles. The van der Waals surface area contributed by atoms with Gasteiger partial charge in [0, 0.05) is 18.5 Å². The number of hydrogen-bond donors (Lipinski definition) is 0. The van der Waals surface area contributed by atoms with Crippen LogP contribution in [0, 0.1) is 5.92 Å². The predicted octanol–water partition coefficient (Wildman–Crippen LogP) is 3.74. The lowest BCUT2D eigenvalue weighted by molar-refractivity contribution is -0.277. The molecule has 0 aromatic carbocycles. The van der Waals surface area contributed by atoms with Gasteiger partial charge in [-0.25, -0.2) is 0 Å². The molecule has 0 aromatic heterocycles. The molecule has 0 N–H and O–H groups in total. The number of hydrogen-bond acceptors (Lipinski definition) is 1. The molecule has 0 saturated carbocycles. The fourth-order valence-corrected chi connectivity index (χ4v) is 2.52. The van der Waals surface area contributed by atoms with Crippen LogP contribution in [0.5, 0.6) is 0 Å². The van der Waals surface area contributed by atoms with Crippen molar-refractivity contribution in [2.75, 3.05) is 12.4 Å². The van der Waals surface area contributed by atoms with E-state index in [1.54, 1.807) is 0 Å². The number of likely N-dealkylation sites (tertiary alicyclic amines) is 1. The molecule has 1 unspecified atom stereocenters. The summed E-state index contributed by atoms with van der Waals surface area (Å²) in [6, 6.07) is -0.589. The number of carbonyl (C=O) groups is 1. The molecule has 1 atom stereocenters. The second-order valence-electron chi connectivity index (χ2n) is 4.68. The zero-order valence-corrected chi connectivity index (χ0v) is 11.2. The molecular weight excluding hydrogens is 312 g/mol. The third-order valence-corrected chi connectivity index (χ3v) is 3.50. The van der Waals surface area contributed by atoms with Crippen LogP contribution in [0.4, 0.5) is 26.3 Å². The Morgan fingerprint density at radius 3 is 2.20 bits per heavy atom. The Morgan fingerprint density at radius 1 is 1.20 bits per heavy atom. The Kier molecular flexibility index (Phi) is 5.57. The maximum absolute atomic E-state index is 12.5. The number of halogens is 7. The molecule has 1 rings (SSSR count). The summed E-state index contributed by atoms with van der Waals surface area (Å²) in [6.45, 7) is -0.0750. The summed E-state index contributed by atoms with van der Waals surface area (Å²) in [5, 5.41) is 0. The Balaban J connectivity index is 2.89. The Hall–Kier alpha value is -0.660. The minimum Gasteiger partial charge on any atom is -0.339 e. The van der Waals surface area contributed by atoms with Crippen LogP contribution in [0.2, 0.25) is 0 Å². The molecule has 20 heavy (non-hydrogen) atoms. The first-order valence-corrected chi connectivity index (χ1v) is 6.62. The first kappa shape index (κ1) is 17.4. The lowest BCUT2D eigenvalue weighted by Crippen LogP contribution is -2.50. The van der Waals surface area contributed by atoms with E-state index in [0.717, 1.165) is 0 Å². The summed E-state index contributed by atoms with van der Waals surface area (Å²) in [7, 11) is 0. The van der Waals surface area contributed by atoms with E-state index in [2.05, 4.69) is 0 Å². The van der Waals surface area contributed by atoms with Gasteiger partial charge in [0.2, 0.25) is 11.8 Å². The molecule has 1 amide bonds. The van der Waals surface area contributed by atoms with E-state index >= 15 is 0 Å². The smallest absolute Gasteiger partial charge is 0.339 e. The lowest BCUT2D eigenvalue weighted by atomic mass is 10.0. The molecule has 0 bridgehead atoms. The molecule has 0 aliphatic carbocycles. The standard InChI is InChI=1S/C11H14ClF6NO/c12-5-1-3-7-4-2-6-19(7)9(20)8(10(13,14)15)11(16,17)18/h7-8H,1-6H2. The highest BCUT2D eigenvalue weighted by Crippen LogP contribution is 2.41. The fourth-order valence-electron chi connectivity index (χ4n) is 2.37. The zero-order chi connectivity index (χ0) is 15.6. The molecule has 1 saturated heterocycles. The van der Waals surface area contributed by atoms with Crippen LogP contribution >= 0.6 is 11.6 Å². The van der Waals surface area contributed by atoms with Gasteiger partial charge in [-0.15, -0.1) is 11.6 Å². The molecule has 0 radical (unpaired) electrons. The van der Waals surface area contributed by atoms with Crippen molar-refractivity contribution in [1.29, 1.82) is 0 Å². The summed E-state index contributed by atoms with van der Waals surface area (Å²) < 4.78 is 75.1. The zero-order valence-electron chi connectivity index (χ0n) is 10.4. The van der Waals surface area contributed by atoms with Gasteiger partial charge in [-0.05, 0) is 25.7 Å². The highest BCUT2D eigenvalue weighted by molar-refractivity contribution is 6.17. The quantitative estimate of drug-likeness (QED) is 0.569. The van der Waals surface area contributed by atoms with Gasteiger partial charge in [-0.2, -0.15) is 26.3 Å². The van der Waals surface area contributed by atoms with Crippen molar-refractivity contribution in [2.24, 2.45) is 5.92 Å². The van der Waals surface area contributed by atoms with Crippen LogP contribution in [0.3, 0.4) is 0 Å². The van der Waals surface area contributed by atoms with Gasteiger partial charge in [0.1, 0.15) is 0 Å². The minimum atomic E-state index is -5.63. The van der Waals surface area contributed by atoms with E-state index in [4.69, 9.17) is 11.6 Å². The summed E-state index contributed by atoms with van der Waals surface area (Å²) in [5.74, 6) is -5.59. The van der Waals surface area contributed by atoms with Crippen molar-refractivity contribution in [3.05, 3.63) is 0 Å². The van der Waals surface area contributed by atoms with Crippen molar-refractivity contribution in [2.45, 2.75) is 44.1 Å². The Bertz CT molecular complexity index is 329. The predicted molar refractivity (Wildman–Crippen MR) is 60.3 cm³/mol. The first-order chi connectivity index (χ1) is 9.09. The van der Waals surface area contributed by atoms with E-state index in [0.29, 0.717) is 30.6 Å². The summed E-state index contributed by atoms with van der Waals surface area (Å²) in [6.07, 6.45) is -9.69. The molecule has 0 aromatic rings. The van der Waals surface area contributed by atoms with Gasteiger partial charge in [-0.1, -0.05) is 0 Å². The molecule has 0 spiro atoms. The second-order valence-corrected chi connectivity index (χ2v) is 5.05. The van der Waals surface area contributed by atoms with Crippen LogP contribution in [0.15, 0.2) is 0 Å². The highest BCUT2D eigenvalue weighted by atomic mass is 35.5. The normalized spacial score (nSPS) is 20.8. The van der Waals surface area contributed by atoms with Crippen molar-refractivity contribution in [3.8, 4) is 0 Å². The monoisotopic (exact) mass is 325 g/mol. The van der Waals surface area contributed by atoms with Gasteiger partial charge >= 0.3 is 12.4 Å². The van der Waals surface area contributed by atoms with Crippen LogP contribution in [-0.2, 0) is 4.79 Å². The van der Waals surface area contributed by atoms with Crippen LogP contribution < -0.4 is 0 Å². The van der Waals surface area contributed by atoms with Crippen molar-refractivity contribution in [1.82, 2.24) is 4.90 Å². The average molecular weight is 326 g/mol. The molecule has 1 heterocycles. The first-order valence-electron chi connectivity index (χ1n) is 6.09. The van der Waals surface area contributed by atoms with Crippen LogP contribution in [0.25, 0.3) is 0 Å². The van der Waals surface area contributed by atoms with E-state index in [1.807, 2.05) is 0 Å². The molecule has 1 aliphatic rings. The molecule has 2 nitrogen and oxygen atoms in total. The topological polar surface area (TPSA) is 20.3 Å². The minimum absolute atomic E-state index is 0.0750.